The molecule has 0 fully saturated rings. The van der Waals surface area contributed by atoms with Crippen LogP contribution in [0.2, 0.25) is 10.0 Å². The van der Waals surface area contributed by atoms with Crippen LogP contribution in [0.15, 0.2) is 42.5 Å². The lowest BCUT2D eigenvalue weighted by Gasteiger charge is -2.28. The van der Waals surface area contributed by atoms with Gasteiger partial charge >= 0.3 is 0 Å². The minimum absolute atomic E-state index is 0.157. The number of hydrogen-bond acceptors (Lipinski definition) is 3. The number of halogens is 3. The van der Waals surface area contributed by atoms with Crippen LogP contribution in [0.1, 0.15) is 18.1 Å². The summed E-state index contributed by atoms with van der Waals surface area (Å²) in [6.45, 7) is 1.87. The highest BCUT2D eigenvalue weighted by atomic mass is 35.5. The Balaban J connectivity index is 2.07. The van der Waals surface area contributed by atoms with Crippen LogP contribution in [0.5, 0.6) is 0 Å². The summed E-state index contributed by atoms with van der Waals surface area (Å²) in [5, 5.41) is 3.66. The summed E-state index contributed by atoms with van der Waals surface area (Å²) in [6, 6.07) is 10.5. The average molecular weight is 443 g/mol. The largest absolute Gasteiger partial charge is 0.357 e. The fraction of sp³-hybridized carbons (Fsp3) is 0.300. The van der Waals surface area contributed by atoms with Gasteiger partial charge in [0, 0.05) is 29.4 Å². The maximum atomic E-state index is 13.1. The third-order valence-corrected chi connectivity index (χ3v) is 5.87. The van der Waals surface area contributed by atoms with Crippen LogP contribution in [0, 0.1) is 5.82 Å². The third kappa shape index (κ3) is 6.12. The molecule has 0 bridgehead atoms. The lowest BCUT2D eigenvalue weighted by Crippen LogP contribution is -2.47. The summed E-state index contributed by atoms with van der Waals surface area (Å²) in [6.07, 6.45) is 0. The van der Waals surface area contributed by atoms with Crippen molar-refractivity contribution < 1.29 is 14.0 Å². The molecule has 0 unspecified atom stereocenters. The highest BCUT2D eigenvalue weighted by Gasteiger charge is 2.25. The van der Waals surface area contributed by atoms with E-state index in [0.717, 1.165) is 11.1 Å². The number of thioether (sulfide) groups is 1. The van der Waals surface area contributed by atoms with Gasteiger partial charge in [0.1, 0.15) is 11.9 Å². The van der Waals surface area contributed by atoms with Crippen LogP contribution in [0.3, 0.4) is 0 Å². The molecule has 0 aliphatic rings. The van der Waals surface area contributed by atoms with Crippen molar-refractivity contribution in [3.63, 3.8) is 0 Å². The van der Waals surface area contributed by atoms with Gasteiger partial charge in [-0.15, -0.1) is 11.8 Å². The van der Waals surface area contributed by atoms with E-state index in [4.69, 9.17) is 23.2 Å². The van der Waals surface area contributed by atoms with Crippen LogP contribution < -0.4 is 5.32 Å². The summed E-state index contributed by atoms with van der Waals surface area (Å²) in [4.78, 5) is 26.4. The Morgan fingerprint density at radius 2 is 1.75 bits per heavy atom. The second kappa shape index (κ2) is 10.7. The van der Waals surface area contributed by atoms with E-state index in [1.165, 1.54) is 35.8 Å². The van der Waals surface area contributed by atoms with Crippen molar-refractivity contribution in [2.75, 3.05) is 12.8 Å². The van der Waals surface area contributed by atoms with E-state index in [1.807, 2.05) is 0 Å². The fourth-order valence-corrected chi connectivity index (χ4v) is 4.22. The van der Waals surface area contributed by atoms with Gasteiger partial charge in [0.25, 0.3) is 0 Å². The molecule has 0 radical (unpaired) electrons. The zero-order valence-corrected chi connectivity index (χ0v) is 17.9. The standard InChI is InChI=1S/C20H21Cl2FN2O2S/c1-13(20(27)24-2)25(10-14-6-8-15(23)9-7-14)19(26)12-28-11-16-17(21)4-3-5-18(16)22/h3-9,13H,10-12H2,1-2H3,(H,24,27)/t13-/m0/s1. The molecule has 8 heteroatoms. The highest BCUT2D eigenvalue weighted by molar-refractivity contribution is 7.99. The maximum Gasteiger partial charge on any atom is 0.242 e. The molecule has 0 saturated heterocycles. The number of nitrogens with one attached hydrogen (secondary N) is 1. The molecule has 4 nitrogen and oxygen atoms in total. The predicted molar refractivity (Wildman–Crippen MR) is 113 cm³/mol. The van der Waals surface area contributed by atoms with Gasteiger partial charge in [-0.25, -0.2) is 4.39 Å². The Morgan fingerprint density at radius 3 is 2.32 bits per heavy atom. The topological polar surface area (TPSA) is 49.4 Å². The minimum Gasteiger partial charge on any atom is -0.357 e. The van der Waals surface area contributed by atoms with Gasteiger partial charge in [-0.05, 0) is 42.3 Å². The maximum absolute atomic E-state index is 13.1. The number of carbonyl (C=O) groups excluding carboxylic acids is 2. The number of carbonyl (C=O) groups is 2. The number of likely N-dealkylation sites (N-methyl/N-ethyl adjacent to an activating group) is 1. The lowest BCUT2D eigenvalue weighted by molar-refractivity contribution is -0.138. The summed E-state index contributed by atoms with van der Waals surface area (Å²) in [7, 11) is 1.52. The summed E-state index contributed by atoms with van der Waals surface area (Å²) >= 11 is 13.7. The lowest BCUT2D eigenvalue weighted by atomic mass is 10.1. The van der Waals surface area contributed by atoms with Crippen molar-refractivity contribution in [3.05, 3.63) is 69.5 Å². The molecular weight excluding hydrogens is 422 g/mol. The first kappa shape index (κ1) is 22.5. The monoisotopic (exact) mass is 442 g/mol. The zero-order chi connectivity index (χ0) is 20.7. The zero-order valence-electron chi connectivity index (χ0n) is 15.5. The highest BCUT2D eigenvalue weighted by Crippen LogP contribution is 2.28. The Kier molecular flexibility index (Phi) is 8.60. The minimum atomic E-state index is -0.660. The molecule has 1 N–H and O–H groups in total. The van der Waals surface area contributed by atoms with Crippen LogP contribution in [0.25, 0.3) is 0 Å². The summed E-state index contributed by atoms with van der Waals surface area (Å²) in [5.74, 6) is -0.191. The van der Waals surface area contributed by atoms with Crippen molar-refractivity contribution in [3.8, 4) is 0 Å². The first-order chi connectivity index (χ1) is 13.3. The molecule has 28 heavy (non-hydrogen) atoms. The molecule has 0 saturated carbocycles. The SMILES string of the molecule is CNC(=O)[C@H](C)N(Cc1ccc(F)cc1)C(=O)CSCc1c(Cl)cccc1Cl. The molecule has 0 aliphatic heterocycles. The molecule has 0 heterocycles. The van der Waals surface area contributed by atoms with Crippen molar-refractivity contribution in [1.82, 2.24) is 10.2 Å². The van der Waals surface area contributed by atoms with E-state index in [9.17, 15) is 14.0 Å². The number of rotatable bonds is 8. The van der Waals surface area contributed by atoms with E-state index in [-0.39, 0.29) is 29.9 Å². The van der Waals surface area contributed by atoms with Gasteiger partial charge < -0.3 is 10.2 Å². The molecule has 2 amide bonds. The molecule has 2 aromatic rings. The van der Waals surface area contributed by atoms with Crippen LogP contribution in [-0.4, -0.2) is 35.6 Å². The van der Waals surface area contributed by atoms with E-state index >= 15 is 0 Å². The fourth-order valence-electron chi connectivity index (χ4n) is 2.57. The van der Waals surface area contributed by atoms with Crippen LogP contribution in [0.4, 0.5) is 4.39 Å². The Hall–Kier alpha value is -1.76. The van der Waals surface area contributed by atoms with Gasteiger partial charge in [-0.2, -0.15) is 0 Å². The Bertz CT molecular complexity index is 813. The van der Waals surface area contributed by atoms with Gasteiger partial charge in [0.05, 0.1) is 5.75 Å². The predicted octanol–water partition coefficient (Wildman–Crippen LogP) is 4.53. The summed E-state index contributed by atoms with van der Waals surface area (Å²) < 4.78 is 13.1. The molecule has 150 valence electrons. The molecule has 2 rings (SSSR count). The van der Waals surface area contributed by atoms with Gasteiger partial charge in [0.2, 0.25) is 11.8 Å². The Morgan fingerprint density at radius 1 is 1.14 bits per heavy atom. The van der Waals surface area contributed by atoms with Crippen molar-refractivity contribution >= 4 is 46.8 Å². The molecule has 0 aliphatic carbocycles. The first-order valence-electron chi connectivity index (χ1n) is 8.59. The number of benzene rings is 2. The normalized spacial score (nSPS) is 11.8. The number of hydrogen-bond donors (Lipinski definition) is 1. The Labute approximate surface area is 178 Å². The van der Waals surface area contributed by atoms with Gasteiger partial charge in [0.15, 0.2) is 0 Å². The average Bonchev–Trinajstić information content (AvgIpc) is 2.68. The first-order valence-corrected chi connectivity index (χ1v) is 10.5. The van der Waals surface area contributed by atoms with Gasteiger partial charge in [-0.3, -0.25) is 9.59 Å². The van der Waals surface area contributed by atoms with Crippen LogP contribution in [-0.2, 0) is 21.9 Å². The molecule has 2 aromatic carbocycles. The molecule has 1 atom stereocenters. The molecule has 0 spiro atoms. The second-order valence-corrected chi connectivity index (χ2v) is 7.93. The number of nitrogens with zero attached hydrogens (tertiary/aromatic N) is 1. The number of amides is 2. The smallest absolute Gasteiger partial charge is 0.242 e. The van der Waals surface area contributed by atoms with E-state index < -0.39 is 6.04 Å². The van der Waals surface area contributed by atoms with E-state index in [0.29, 0.717) is 15.8 Å². The van der Waals surface area contributed by atoms with E-state index in [1.54, 1.807) is 37.3 Å². The molecular formula is C20H21Cl2FN2O2S. The quantitative estimate of drug-likeness (QED) is 0.653. The second-order valence-electron chi connectivity index (χ2n) is 6.13. The van der Waals surface area contributed by atoms with E-state index in [2.05, 4.69) is 5.32 Å². The van der Waals surface area contributed by atoms with Crippen LogP contribution >= 0.6 is 35.0 Å². The van der Waals surface area contributed by atoms with Gasteiger partial charge in [-0.1, -0.05) is 41.4 Å². The molecule has 0 aromatic heterocycles. The summed E-state index contributed by atoms with van der Waals surface area (Å²) in [5.41, 5.74) is 1.51. The van der Waals surface area contributed by atoms with Crippen molar-refractivity contribution in [2.45, 2.75) is 25.3 Å². The van der Waals surface area contributed by atoms with Crippen molar-refractivity contribution in [2.24, 2.45) is 0 Å². The third-order valence-electron chi connectivity index (χ3n) is 4.21. The van der Waals surface area contributed by atoms with Crippen molar-refractivity contribution in [1.29, 1.82) is 0 Å².